The molecule has 7 aromatic rings. The Balaban J connectivity index is 1.58. The molecule has 1 aliphatic rings. The molecular weight excluding hydrogens is 713 g/mol. The van der Waals surface area contributed by atoms with Gasteiger partial charge in [-0.25, -0.2) is 0 Å². The zero-order chi connectivity index (χ0) is 37.0. The number of hydrogen-bond donors (Lipinski definition) is 0. The maximum atomic E-state index is 16.8. The van der Waals surface area contributed by atoms with Crippen LogP contribution in [-0.2, 0) is 4.57 Å². The molecule has 1 aliphatic heterocycles. The van der Waals surface area contributed by atoms with Crippen molar-refractivity contribution < 1.29 is 33.2 Å². The maximum Gasteiger partial charge on any atom is 0.368 e. The number of rotatable bonds is 9. The molecular formula is C42H33ClNO8P. The van der Waals surface area contributed by atoms with Gasteiger partial charge in [0, 0.05) is 33.3 Å². The summed E-state index contributed by atoms with van der Waals surface area (Å²) in [6, 6.07) is 35.3. The van der Waals surface area contributed by atoms with E-state index in [0.29, 0.717) is 39.0 Å². The average molecular weight is 746 g/mol. The second-order valence-corrected chi connectivity index (χ2v) is 16.1. The Kier molecular flexibility index (Phi) is 8.64. The first-order chi connectivity index (χ1) is 25.7. The zero-order valence-corrected chi connectivity index (χ0v) is 30.8. The highest BCUT2D eigenvalue weighted by Gasteiger charge is 2.56. The monoisotopic (exact) mass is 745 g/mol. The highest BCUT2D eigenvalue weighted by molar-refractivity contribution is 7.79. The smallest absolute Gasteiger partial charge is 0.368 e. The minimum atomic E-state index is -4.22. The Morgan fingerprint density at radius 1 is 0.660 bits per heavy atom. The first kappa shape index (κ1) is 34.3. The number of nitrogens with zero attached hydrogens (tertiary/aromatic N) is 1. The van der Waals surface area contributed by atoms with Gasteiger partial charge in [0.15, 0.2) is 12.8 Å². The predicted octanol–water partition coefficient (Wildman–Crippen LogP) is 9.55. The van der Waals surface area contributed by atoms with Crippen LogP contribution in [0.2, 0.25) is 5.02 Å². The summed E-state index contributed by atoms with van der Waals surface area (Å²) in [7, 11) is 1.76. The fraction of sp³-hybridized carbons (Fsp3) is 0.143. The zero-order valence-electron chi connectivity index (χ0n) is 29.2. The van der Waals surface area contributed by atoms with Crippen LogP contribution in [0.4, 0.5) is 0 Å². The Morgan fingerprint density at radius 2 is 1.23 bits per heavy atom. The van der Waals surface area contributed by atoms with Crippen molar-refractivity contribution in [3.63, 3.8) is 0 Å². The van der Waals surface area contributed by atoms with Crippen molar-refractivity contribution in [3.8, 4) is 39.9 Å². The molecule has 1 unspecified atom stereocenters. The van der Waals surface area contributed by atoms with E-state index >= 15 is 4.57 Å². The molecule has 1 heterocycles. The van der Waals surface area contributed by atoms with Gasteiger partial charge in [0.25, 0.3) is 0 Å². The summed E-state index contributed by atoms with van der Waals surface area (Å²) in [4.78, 5) is 12.8. The topological polar surface area (TPSA) is 106 Å². The molecule has 0 saturated heterocycles. The third kappa shape index (κ3) is 5.59. The van der Waals surface area contributed by atoms with Crippen LogP contribution in [-0.4, -0.2) is 39.6 Å². The maximum absolute atomic E-state index is 16.8. The predicted molar refractivity (Wildman–Crippen MR) is 210 cm³/mol. The van der Waals surface area contributed by atoms with E-state index < -0.39 is 24.0 Å². The van der Waals surface area contributed by atoms with Gasteiger partial charge < -0.3 is 28.2 Å². The van der Waals surface area contributed by atoms with E-state index in [1.807, 2.05) is 60.7 Å². The van der Waals surface area contributed by atoms with E-state index in [1.54, 1.807) is 42.5 Å². The Bertz CT molecular complexity index is 2540. The molecule has 2 atom stereocenters. The molecule has 0 bridgehead atoms. The molecule has 11 heteroatoms. The summed E-state index contributed by atoms with van der Waals surface area (Å²) in [5.74, 6) is 1.74. The molecule has 0 N–H and O–H groups in total. The molecule has 0 aromatic heterocycles. The molecule has 0 spiro atoms. The van der Waals surface area contributed by atoms with E-state index in [2.05, 4.69) is 12.1 Å². The number of ether oxygens (including phenoxy) is 5. The lowest BCUT2D eigenvalue weighted by Gasteiger charge is -2.28. The standard InChI is InChI=1S/C42H33ClNO8P/c1-48-28-18-29(49-2)21-32(20-28)53(47,33-22-30(50-3)19-31(23-33)51-4)41-40-37(52-42(41)44(45)46)16-15-35-36(25-11-13-27(43)14-12-25)17-26-10-9-24-7-5-6-8-34(24)38(26)39(35)40/h5-23,41-42H,1-4H3/t41-,42?/m0/s1. The van der Waals surface area contributed by atoms with E-state index in [4.69, 9.17) is 35.3 Å². The van der Waals surface area contributed by atoms with Crippen molar-refractivity contribution in [2.45, 2.75) is 11.9 Å². The van der Waals surface area contributed by atoms with Crippen molar-refractivity contribution in [3.05, 3.63) is 136 Å². The van der Waals surface area contributed by atoms with Crippen molar-refractivity contribution in [1.29, 1.82) is 0 Å². The van der Waals surface area contributed by atoms with Crippen molar-refractivity contribution in [2.75, 3.05) is 28.4 Å². The fourth-order valence-corrected chi connectivity index (χ4v) is 11.1. The minimum Gasteiger partial charge on any atom is -0.497 e. The van der Waals surface area contributed by atoms with Crippen LogP contribution in [0.15, 0.2) is 115 Å². The Labute approximate surface area is 310 Å². The number of hydrogen-bond acceptors (Lipinski definition) is 8. The second kappa shape index (κ2) is 13.3. The molecule has 0 saturated carbocycles. The molecule has 7 aromatic carbocycles. The highest BCUT2D eigenvalue weighted by Crippen LogP contribution is 2.66. The van der Waals surface area contributed by atoms with Gasteiger partial charge in [-0.2, -0.15) is 0 Å². The first-order valence-corrected chi connectivity index (χ1v) is 18.9. The van der Waals surface area contributed by atoms with Gasteiger partial charge in [0.2, 0.25) is 0 Å². The van der Waals surface area contributed by atoms with Crippen LogP contribution < -0.4 is 34.3 Å². The average Bonchev–Trinajstić information content (AvgIpc) is 3.61. The quantitative estimate of drug-likeness (QED) is 0.0623. The van der Waals surface area contributed by atoms with E-state index in [1.165, 1.54) is 28.4 Å². The van der Waals surface area contributed by atoms with E-state index in [0.717, 1.165) is 38.1 Å². The van der Waals surface area contributed by atoms with Crippen LogP contribution >= 0.6 is 18.7 Å². The van der Waals surface area contributed by atoms with Crippen molar-refractivity contribution in [1.82, 2.24) is 0 Å². The van der Waals surface area contributed by atoms with E-state index in [-0.39, 0.29) is 16.4 Å². The van der Waals surface area contributed by atoms with Gasteiger partial charge in [-0.05, 0) is 92.0 Å². The van der Waals surface area contributed by atoms with Gasteiger partial charge in [-0.1, -0.05) is 66.2 Å². The summed E-state index contributed by atoms with van der Waals surface area (Å²) in [6.45, 7) is 0. The third-order valence-electron chi connectivity index (χ3n) is 10.0. The Morgan fingerprint density at radius 3 is 1.79 bits per heavy atom. The lowest BCUT2D eigenvalue weighted by Crippen LogP contribution is -2.33. The minimum absolute atomic E-state index is 0.275. The van der Waals surface area contributed by atoms with Crippen LogP contribution in [0.25, 0.3) is 43.4 Å². The number of methoxy groups -OCH3 is 4. The second-order valence-electron chi connectivity index (χ2n) is 12.8. The van der Waals surface area contributed by atoms with Gasteiger partial charge in [0.1, 0.15) is 28.7 Å². The van der Waals surface area contributed by atoms with E-state index in [9.17, 15) is 10.1 Å². The molecule has 0 amide bonds. The number of nitro groups is 1. The lowest BCUT2D eigenvalue weighted by atomic mass is 9.88. The first-order valence-electron chi connectivity index (χ1n) is 16.7. The van der Waals surface area contributed by atoms with Crippen molar-refractivity contribution in [2.24, 2.45) is 0 Å². The fourth-order valence-electron chi connectivity index (χ4n) is 7.58. The molecule has 53 heavy (non-hydrogen) atoms. The van der Waals surface area contributed by atoms with Crippen LogP contribution in [0.5, 0.6) is 28.7 Å². The molecule has 8 rings (SSSR count). The lowest BCUT2D eigenvalue weighted by molar-refractivity contribution is -0.559. The van der Waals surface area contributed by atoms with Gasteiger partial charge in [0.05, 0.1) is 33.4 Å². The summed E-state index contributed by atoms with van der Waals surface area (Å²) >= 11 is 6.33. The summed E-state index contributed by atoms with van der Waals surface area (Å²) in [5, 5.41) is 19.6. The number of benzene rings is 7. The number of halogens is 1. The SMILES string of the molecule is COc1cc(OC)cc(P(=O)(c2cc(OC)cc(OC)c2)[C@H]2c3c(ccc4c(-c5ccc(Cl)cc5)cc5ccc6ccccc6c5c34)OC2[N+](=O)[O-])c1. The van der Waals surface area contributed by atoms with Crippen molar-refractivity contribution >= 4 is 61.7 Å². The molecule has 266 valence electrons. The molecule has 0 radical (unpaired) electrons. The summed E-state index contributed by atoms with van der Waals surface area (Å²) in [5.41, 5.74) is 0.918. The van der Waals surface area contributed by atoms with Crippen LogP contribution in [0, 0.1) is 10.1 Å². The van der Waals surface area contributed by atoms with Gasteiger partial charge in [-0.3, -0.25) is 10.1 Å². The van der Waals surface area contributed by atoms with Crippen LogP contribution in [0.3, 0.4) is 0 Å². The Hall–Kier alpha value is -5.76. The summed E-state index contributed by atoms with van der Waals surface area (Å²) in [6.07, 6.45) is -1.74. The summed E-state index contributed by atoms with van der Waals surface area (Å²) < 4.78 is 45.7. The normalized spacial score (nSPS) is 15.3. The molecule has 0 fully saturated rings. The largest absolute Gasteiger partial charge is 0.497 e. The highest BCUT2D eigenvalue weighted by atomic mass is 35.5. The van der Waals surface area contributed by atoms with Gasteiger partial charge >= 0.3 is 6.23 Å². The van der Waals surface area contributed by atoms with Crippen LogP contribution in [0.1, 0.15) is 11.2 Å². The molecule has 9 nitrogen and oxygen atoms in total. The molecule has 0 aliphatic carbocycles. The van der Waals surface area contributed by atoms with Gasteiger partial charge in [-0.15, -0.1) is 0 Å². The number of fused-ring (bicyclic) bond motifs is 7. The third-order valence-corrected chi connectivity index (χ3v) is 13.6.